The minimum atomic E-state index is -0.488. The van der Waals surface area contributed by atoms with Crippen molar-refractivity contribution in [3.8, 4) is 0 Å². The average molecular weight is 280 g/mol. The largest absolute Gasteiger partial charge is 0.351 e. The van der Waals surface area contributed by atoms with Crippen molar-refractivity contribution in [1.29, 1.82) is 0 Å². The van der Waals surface area contributed by atoms with Crippen LogP contribution in [0.4, 0.5) is 10.1 Å². The Morgan fingerprint density at radius 1 is 1.30 bits per heavy atom. The number of carbonyl (C=O) groups is 2. The number of hydrogen-bond acceptors (Lipinski definition) is 2. The van der Waals surface area contributed by atoms with E-state index in [1.807, 2.05) is 20.8 Å². The molecule has 110 valence electrons. The summed E-state index contributed by atoms with van der Waals surface area (Å²) in [4.78, 5) is 24.9. The van der Waals surface area contributed by atoms with Crippen molar-refractivity contribution in [3.05, 3.63) is 30.1 Å². The number of para-hydroxylation sites is 1. The summed E-state index contributed by atoms with van der Waals surface area (Å²) in [5, 5.41) is 2.78. The van der Waals surface area contributed by atoms with Gasteiger partial charge in [0.15, 0.2) is 0 Å². The molecule has 0 spiro atoms. The Balaban J connectivity index is 2.68. The highest BCUT2D eigenvalue weighted by Crippen LogP contribution is 2.18. The van der Waals surface area contributed by atoms with Gasteiger partial charge in [0, 0.05) is 12.6 Å². The van der Waals surface area contributed by atoms with Crippen molar-refractivity contribution >= 4 is 17.5 Å². The molecule has 1 aromatic rings. The lowest BCUT2D eigenvalue weighted by molar-refractivity contribution is -0.128. The normalized spacial score (nSPS) is 11.1. The fourth-order valence-corrected chi connectivity index (χ4v) is 1.62. The molecular weight excluding hydrogens is 259 g/mol. The van der Waals surface area contributed by atoms with Crippen LogP contribution in [-0.2, 0) is 9.59 Å². The van der Waals surface area contributed by atoms with Gasteiger partial charge in [0.1, 0.15) is 12.2 Å². The number of rotatable bonds is 5. The van der Waals surface area contributed by atoms with Gasteiger partial charge < -0.3 is 10.2 Å². The highest BCUT2D eigenvalue weighted by molar-refractivity contribution is 6.04. The smallest absolute Gasteiger partial charge is 0.236 e. The lowest BCUT2D eigenvalue weighted by Crippen LogP contribution is -2.44. The summed E-state index contributed by atoms with van der Waals surface area (Å²) in [5.41, 5.74) is -0.187. The molecule has 1 rings (SSSR count). The Kier molecular flexibility index (Phi) is 5.25. The Morgan fingerprint density at radius 2 is 1.90 bits per heavy atom. The molecule has 5 heteroatoms. The van der Waals surface area contributed by atoms with Gasteiger partial charge in [-0.1, -0.05) is 19.1 Å². The average Bonchev–Trinajstić information content (AvgIpc) is 2.37. The Morgan fingerprint density at radius 3 is 2.45 bits per heavy atom. The van der Waals surface area contributed by atoms with Crippen LogP contribution in [0.3, 0.4) is 0 Å². The molecule has 4 nitrogen and oxygen atoms in total. The molecule has 1 N–H and O–H groups in total. The predicted octanol–water partition coefficient (Wildman–Crippen LogP) is 2.48. The van der Waals surface area contributed by atoms with Gasteiger partial charge in [0.05, 0.1) is 5.69 Å². The number of carbonyl (C=O) groups excluding carboxylic acids is 2. The van der Waals surface area contributed by atoms with Crippen molar-refractivity contribution in [2.45, 2.75) is 39.2 Å². The van der Waals surface area contributed by atoms with E-state index < -0.39 is 11.7 Å². The van der Waals surface area contributed by atoms with Crippen LogP contribution in [0.25, 0.3) is 0 Å². The summed E-state index contributed by atoms with van der Waals surface area (Å²) in [7, 11) is 1.46. The lowest BCUT2D eigenvalue weighted by Gasteiger charge is -2.25. The van der Waals surface area contributed by atoms with Crippen LogP contribution in [0, 0.1) is 5.82 Å². The number of benzene rings is 1. The van der Waals surface area contributed by atoms with E-state index in [0.717, 1.165) is 11.3 Å². The summed E-state index contributed by atoms with van der Waals surface area (Å²) in [6.45, 7) is 5.72. The maximum Gasteiger partial charge on any atom is 0.236 e. The second kappa shape index (κ2) is 6.50. The number of anilines is 1. The summed E-state index contributed by atoms with van der Waals surface area (Å²) < 4.78 is 13.6. The zero-order valence-electron chi connectivity index (χ0n) is 12.4. The number of hydrogen-bond donors (Lipinski definition) is 1. The van der Waals surface area contributed by atoms with E-state index in [-0.39, 0.29) is 23.6 Å². The maximum atomic E-state index is 13.6. The topological polar surface area (TPSA) is 49.4 Å². The lowest BCUT2D eigenvalue weighted by atomic mass is 10.0. The zero-order valence-corrected chi connectivity index (χ0v) is 12.4. The molecule has 0 aliphatic rings. The molecule has 1 aromatic carbocycles. The molecule has 0 unspecified atom stereocenters. The zero-order chi connectivity index (χ0) is 15.3. The van der Waals surface area contributed by atoms with Gasteiger partial charge in [-0.2, -0.15) is 0 Å². The van der Waals surface area contributed by atoms with Crippen LogP contribution < -0.4 is 10.2 Å². The van der Waals surface area contributed by atoms with Gasteiger partial charge in [-0.15, -0.1) is 0 Å². The molecule has 0 fully saturated rings. The second-order valence-electron chi connectivity index (χ2n) is 5.37. The summed E-state index contributed by atoms with van der Waals surface area (Å²) in [5.74, 6) is -1.29. The molecule has 2 amide bonds. The molecule has 0 aromatic heterocycles. The molecule has 0 radical (unpaired) electrons. The van der Waals surface area contributed by atoms with Gasteiger partial charge in [-0.05, 0) is 32.4 Å². The molecule has 0 saturated carbocycles. The molecule has 0 aliphatic carbocycles. The number of nitrogens with zero attached hydrogens (tertiary/aromatic N) is 1. The first-order chi connectivity index (χ1) is 9.26. The first-order valence-electron chi connectivity index (χ1n) is 6.59. The molecule has 20 heavy (non-hydrogen) atoms. The first-order valence-corrected chi connectivity index (χ1v) is 6.59. The number of halogens is 1. The SMILES string of the molecule is CCC(C)(C)NC(=O)CC(=O)N(C)c1ccccc1F. The van der Waals surface area contributed by atoms with Crippen LogP contribution in [-0.4, -0.2) is 24.4 Å². The molecule has 0 saturated heterocycles. The molecule has 0 bridgehead atoms. The van der Waals surface area contributed by atoms with E-state index in [4.69, 9.17) is 0 Å². The third-order valence-corrected chi connectivity index (χ3v) is 3.26. The van der Waals surface area contributed by atoms with E-state index in [1.165, 1.54) is 19.2 Å². The minimum Gasteiger partial charge on any atom is -0.351 e. The van der Waals surface area contributed by atoms with Crippen LogP contribution in [0.2, 0.25) is 0 Å². The van der Waals surface area contributed by atoms with E-state index >= 15 is 0 Å². The predicted molar refractivity (Wildman–Crippen MR) is 76.9 cm³/mol. The monoisotopic (exact) mass is 280 g/mol. The first kappa shape index (κ1) is 16.1. The van der Waals surface area contributed by atoms with Crippen molar-refractivity contribution in [3.63, 3.8) is 0 Å². The van der Waals surface area contributed by atoms with Crippen molar-refractivity contribution in [2.24, 2.45) is 0 Å². The third-order valence-electron chi connectivity index (χ3n) is 3.26. The van der Waals surface area contributed by atoms with Crippen molar-refractivity contribution in [2.75, 3.05) is 11.9 Å². The van der Waals surface area contributed by atoms with E-state index in [1.54, 1.807) is 12.1 Å². The Bertz CT molecular complexity index is 500. The number of amides is 2. The fraction of sp³-hybridized carbons (Fsp3) is 0.467. The number of nitrogens with one attached hydrogen (secondary N) is 1. The summed E-state index contributed by atoms with van der Waals surface area (Å²) >= 11 is 0. The van der Waals surface area contributed by atoms with Gasteiger partial charge in [-0.25, -0.2) is 4.39 Å². The fourth-order valence-electron chi connectivity index (χ4n) is 1.62. The maximum absolute atomic E-state index is 13.6. The highest BCUT2D eigenvalue weighted by Gasteiger charge is 2.22. The van der Waals surface area contributed by atoms with Gasteiger partial charge in [-0.3, -0.25) is 9.59 Å². The standard InChI is InChI=1S/C15H21FN2O2/c1-5-15(2,3)17-13(19)10-14(20)18(4)12-9-7-6-8-11(12)16/h6-9H,5,10H2,1-4H3,(H,17,19). The summed E-state index contributed by atoms with van der Waals surface area (Å²) in [6, 6.07) is 5.97. The van der Waals surface area contributed by atoms with Crippen molar-refractivity contribution < 1.29 is 14.0 Å². The van der Waals surface area contributed by atoms with Gasteiger partial charge >= 0.3 is 0 Å². The summed E-state index contributed by atoms with van der Waals surface area (Å²) in [6.07, 6.45) is 0.463. The van der Waals surface area contributed by atoms with Crippen molar-refractivity contribution in [1.82, 2.24) is 5.32 Å². The van der Waals surface area contributed by atoms with Crippen LogP contribution >= 0.6 is 0 Å². The van der Waals surface area contributed by atoms with Crippen LogP contribution in [0.15, 0.2) is 24.3 Å². The van der Waals surface area contributed by atoms with E-state index in [9.17, 15) is 14.0 Å². The molecule has 0 aliphatic heterocycles. The van der Waals surface area contributed by atoms with Crippen LogP contribution in [0.1, 0.15) is 33.6 Å². The van der Waals surface area contributed by atoms with Gasteiger partial charge in [0.2, 0.25) is 11.8 Å². The molecule has 0 heterocycles. The van der Waals surface area contributed by atoms with E-state index in [2.05, 4.69) is 5.32 Å². The van der Waals surface area contributed by atoms with E-state index in [0.29, 0.717) is 0 Å². The Labute approximate surface area is 119 Å². The molecule has 0 atom stereocenters. The Hall–Kier alpha value is -1.91. The minimum absolute atomic E-state index is 0.167. The second-order valence-corrected chi connectivity index (χ2v) is 5.37. The third kappa shape index (κ3) is 4.33. The highest BCUT2D eigenvalue weighted by atomic mass is 19.1. The molecular formula is C15H21FN2O2. The van der Waals surface area contributed by atoms with Crippen LogP contribution in [0.5, 0.6) is 0 Å². The van der Waals surface area contributed by atoms with Gasteiger partial charge in [0.25, 0.3) is 0 Å². The quantitative estimate of drug-likeness (QED) is 0.842.